The fraction of sp³-hybridized carbons (Fsp3) is 0.227. The van der Waals surface area contributed by atoms with E-state index in [2.05, 4.69) is 31.8 Å². The molecule has 27 heavy (non-hydrogen) atoms. The van der Waals surface area contributed by atoms with Crippen LogP contribution in [0.5, 0.6) is 11.6 Å². The van der Waals surface area contributed by atoms with Crippen LogP contribution < -0.4 is 4.74 Å². The van der Waals surface area contributed by atoms with Gasteiger partial charge in [0.15, 0.2) is 5.75 Å². The number of nitrogens with zero attached hydrogens (tertiary/aromatic N) is 2. The van der Waals surface area contributed by atoms with Gasteiger partial charge < -0.3 is 9.84 Å². The third kappa shape index (κ3) is 3.05. The fourth-order valence-corrected chi connectivity index (χ4v) is 3.62. The van der Waals surface area contributed by atoms with Gasteiger partial charge in [-0.15, -0.1) is 0 Å². The smallest absolute Gasteiger partial charge is 0.335 e. The van der Waals surface area contributed by atoms with Crippen LogP contribution >= 0.6 is 0 Å². The molecule has 0 bridgehead atoms. The first-order chi connectivity index (χ1) is 12.8. The quantitative estimate of drug-likeness (QED) is 0.686. The number of aromatic carboxylic acids is 1. The number of fused-ring (bicyclic) bond motifs is 2. The highest BCUT2D eigenvalue weighted by Crippen LogP contribution is 2.51. The van der Waals surface area contributed by atoms with E-state index < -0.39 is 5.97 Å². The first-order valence-electron chi connectivity index (χ1n) is 8.81. The van der Waals surface area contributed by atoms with Crippen LogP contribution in [-0.2, 0) is 0 Å². The highest BCUT2D eigenvalue weighted by molar-refractivity contribution is 5.88. The molecule has 1 aromatic carbocycles. The van der Waals surface area contributed by atoms with Crippen molar-refractivity contribution >= 4 is 5.97 Å². The van der Waals surface area contributed by atoms with Crippen LogP contribution in [-0.4, -0.2) is 21.0 Å². The molecule has 0 saturated heterocycles. The molecule has 136 valence electrons. The molecule has 1 unspecified atom stereocenters. The maximum Gasteiger partial charge on any atom is 0.335 e. The summed E-state index contributed by atoms with van der Waals surface area (Å²) in [7, 11) is 0. The summed E-state index contributed by atoms with van der Waals surface area (Å²) in [6, 6.07) is 12.7. The van der Waals surface area contributed by atoms with Crippen molar-refractivity contribution < 1.29 is 14.6 Å². The third-order valence-corrected chi connectivity index (χ3v) is 4.83. The molecule has 0 amide bonds. The van der Waals surface area contributed by atoms with Crippen LogP contribution in [0.4, 0.5) is 0 Å². The molecule has 2 aromatic heterocycles. The SMILES string of the molecule is CC(C)(C)C1c2ccncc2Oc2nc(-c3ccc(C(=O)O)cc3)ccc21. The highest BCUT2D eigenvalue weighted by atomic mass is 16.5. The van der Waals surface area contributed by atoms with Crippen molar-refractivity contribution in [3.05, 3.63) is 71.5 Å². The summed E-state index contributed by atoms with van der Waals surface area (Å²) < 4.78 is 6.06. The number of hydrogen-bond acceptors (Lipinski definition) is 4. The Hall–Kier alpha value is -3.21. The summed E-state index contributed by atoms with van der Waals surface area (Å²) in [5.41, 5.74) is 3.99. The summed E-state index contributed by atoms with van der Waals surface area (Å²) in [6.45, 7) is 6.61. The van der Waals surface area contributed by atoms with Gasteiger partial charge in [0, 0.05) is 28.8 Å². The van der Waals surface area contributed by atoms with Crippen molar-refractivity contribution in [2.45, 2.75) is 26.7 Å². The fourth-order valence-electron chi connectivity index (χ4n) is 3.62. The van der Waals surface area contributed by atoms with Crippen LogP contribution in [0.25, 0.3) is 11.3 Å². The Morgan fingerprint density at radius 3 is 2.44 bits per heavy atom. The number of aromatic nitrogens is 2. The standard InChI is InChI=1S/C22H20N2O3/c1-22(2,3)19-15-10-11-23-12-18(15)27-20-16(19)8-9-17(24-20)13-4-6-14(7-5-13)21(25)26/h4-12,19H,1-3H3,(H,25,26). The average Bonchev–Trinajstić information content (AvgIpc) is 2.64. The van der Waals surface area contributed by atoms with Gasteiger partial charge in [-0.05, 0) is 29.7 Å². The molecule has 4 rings (SSSR count). The van der Waals surface area contributed by atoms with Crippen LogP contribution in [0, 0.1) is 5.41 Å². The molecule has 0 spiro atoms. The summed E-state index contributed by atoms with van der Waals surface area (Å²) in [5.74, 6) is 0.515. The lowest BCUT2D eigenvalue weighted by atomic mass is 9.72. The maximum absolute atomic E-state index is 11.0. The molecule has 0 radical (unpaired) electrons. The van der Waals surface area contributed by atoms with E-state index in [1.54, 1.807) is 36.7 Å². The zero-order valence-corrected chi connectivity index (χ0v) is 15.4. The van der Waals surface area contributed by atoms with E-state index in [4.69, 9.17) is 14.8 Å². The van der Waals surface area contributed by atoms with E-state index in [0.717, 1.165) is 28.1 Å². The summed E-state index contributed by atoms with van der Waals surface area (Å²) >= 11 is 0. The van der Waals surface area contributed by atoms with Gasteiger partial charge in [-0.2, -0.15) is 0 Å². The second-order valence-electron chi connectivity index (χ2n) is 7.79. The summed E-state index contributed by atoms with van der Waals surface area (Å²) in [4.78, 5) is 20.0. The zero-order chi connectivity index (χ0) is 19.2. The molecule has 3 heterocycles. The van der Waals surface area contributed by atoms with Crippen LogP contribution in [0.15, 0.2) is 54.9 Å². The Balaban J connectivity index is 1.79. The van der Waals surface area contributed by atoms with E-state index in [9.17, 15) is 4.79 Å². The van der Waals surface area contributed by atoms with E-state index in [1.165, 1.54) is 0 Å². The second kappa shape index (κ2) is 6.20. The molecule has 1 N–H and O–H groups in total. The lowest BCUT2D eigenvalue weighted by Crippen LogP contribution is -2.24. The van der Waals surface area contributed by atoms with Crippen molar-refractivity contribution in [2.24, 2.45) is 5.41 Å². The molecule has 1 aliphatic heterocycles. The van der Waals surface area contributed by atoms with Crippen LogP contribution in [0.2, 0.25) is 0 Å². The monoisotopic (exact) mass is 360 g/mol. The maximum atomic E-state index is 11.0. The van der Waals surface area contributed by atoms with E-state index in [0.29, 0.717) is 5.88 Å². The number of benzene rings is 1. The number of carboxylic acid groups (broad SMARTS) is 1. The van der Waals surface area contributed by atoms with Crippen LogP contribution in [0.1, 0.15) is 48.2 Å². The second-order valence-corrected chi connectivity index (χ2v) is 7.79. The van der Waals surface area contributed by atoms with Crippen molar-refractivity contribution in [1.29, 1.82) is 0 Å². The van der Waals surface area contributed by atoms with E-state index in [1.807, 2.05) is 12.1 Å². The Labute approximate surface area is 157 Å². The molecular formula is C22H20N2O3. The average molecular weight is 360 g/mol. The van der Waals surface area contributed by atoms with Crippen molar-refractivity contribution in [2.75, 3.05) is 0 Å². The van der Waals surface area contributed by atoms with Gasteiger partial charge in [-0.1, -0.05) is 39.0 Å². The normalized spacial score (nSPS) is 15.4. The highest BCUT2D eigenvalue weighted by Gasteiger charge is 2.36. The lowest BCUT2D eigenvalue weighted by molar-refractivity contribution is 0.0697. The molecule has 1 atom stereocenters. The van der Waals surface area contributed by atoms with Crippen molar-refractivity contribution in [3.63, 3.8) is 0 Å². The van der Waals surface area contributed by atoms with Crippen molar-refractivity contribution in [3.8, 4) is 22.9 Å². The number of ether oxygens (including phenoxy) is 1. The first-order valence-corrected chi connectivity index (χ1v) is 8.81. The predicted molar refractivity (Wildman–Crippen MR) is 102 cm³/mol. The molecule has 0 aliphatic carbocycles. The van der Waals surface area contributed by atoms with Crippen LogP contribution in [0.3, 0.4) is 0 Å². The minimum Gasteiger partial charge on any atom is -0.478 e. The number of carbonyl (C=O) groups is 1. The van der Waals surface area contributed by atoms with Gasteiger partial charge in [0.1, 0.15) is 0 Å². The van der Waals surface area contributed by atoms with Gasteiger partial charge in [0.2, 0.25) is 5.88 Å². The summed E-state index contributed by atoms with van der Waals surface area (Å²) in [5, 5.41) is 9.06. The van der Waals surface area contributed by atoms with Gasteiger partial charge in [-0.25, -0.2) is 9.78 Å². The summed E-state index contributed by atoms with van der Waals surface area (Å²) in [6.07, 6.45) is 3.52. The number of pyridine rings is 2. The number of rotatable bonds is 2. The third-order valence-electron chi connectivity index (χ3n) is 4.83. The Bertz CT molecular complexity index is 1020. The molecule has 3 aromatic rings. The zero-order valence-electron chi connectivity index (χ0n) is 15.4. The number of carboxylic acids is 1. The van der Waals surface area contributed by atoms with Crippen molar-refractivity contribution in [1.82, 2.24) is 9.97 Å². The molecule has 5 nitrogen and oxygen atoms in total. The Kier molecular flexibility index (Phi) is 3.95. The molecule has 1 aliphatic rings. The van der Waals surface area contributed by atoms with Gasteiger partial charge in [0.05, 0.1) is 17.5 Å². The van der Waals surface area contributed by atoms with Gasteiger partial charge in [-0.3, -0.25) is 4.98 Å². The van der Waals surface area contributed by atoms with E-state index in [-0.39, 0.29) is 16.9 Å². The largest absolute Gasteiger partial charge is 0.478 e. The Morgan fingerprint density at radius 1 is 1.04 bits per heavy atom. The Morgan fingerprint density at radius 2 is 1.78 bits per heavy atom. The van der Waals surface area contributed by atoms with Gasteiger partial charge in [0.25, 0.3) is 0 Å². The molecule has 0 saturated carbocycles. The van der Waals surface area contributed by atoms with E-state index >= 15 is 0 Å². The predicted octanol–water partition coefficient (Wildman–Crippen LogP) is 5.13. The number of hydrogen-bond donors (Lipinski definition) is 1. The van der Waals surface area contributed by atoms with Gasteiger partial charge >= 0.3 is 5.97 Å². The first kappa shape index (κ1) is 17.2. The minimum atomic E-state index is -0.944. The topological polar surface area (TPSA) is 72.3 Å². The molecular weight excluding hydrogens is 340 g/mol. The molecule has 0 fully saturated rings. The molecule has 5 heteroatoms. The lowest BCUT2D eigenvalue weighted by Gasteiger charge is -2.36. The minimum absolute atomic E-state index is 0.0129.